The van der Waals surface area contributed by atoms with Crippen LogP contribution in [0, 0.1) is 0 Å². The van der Waals surface area contributed by atoms with Gasteiger partial charge in [-0.1, -0.05) is 36.4 Å². The molecule has 0 radical (unpaired) electrons. The molecule has 0 bridgehead atoms. The molecule has 4 heteroatoms. The highest BCUT2D eigenvalue weighted by Crippen LogP contribution is 2.25. The van der Waals surface area contributed by atoms with E-state index >= 15 is 0 Å². The van der Waals surface area contributed by atoms with Crippen molar-refractivity contribution in [3.63, 3.8) is 0 Å². The number of hydrogen-bond acceptors (Lipinski definition) is 3. The minimum atomic E-state index is -0.135. The minimum Gasteiger partial charge on any atom is -0.373 e. The molecule has 0 aliphatic carbocycles. The Morgan fingerprint density at radius 2 is 1.90 bits per heavy atom. The largest absolute Gasteiger partial charge is 0.373 e. The fourth-order valence-electron chi connectivity index (χ4n) is 2.44. The van der Waals surface area contributed by atoms with Gasteiger partial charge in [0.1, 0.15) is 6.04 Å². The lowest BCUT2D eigenvalue weighted by molar-refractivity contribution is -0.121. The van der Waals surface area contributed by atoms with E-state index in [1.165, 1.54) is 10.5 Å². The van der Waals surface area contributed by atoms with E-state index in [1.54, 1.807) is 11.8 Å². The zero-order valence-corrected chi connectivity index (χ0v) is 12.5. The van der Waals surface area contributed by atoms with Crippen molar-refractivity contribution in [1.82, 2.24) is 5.32 Å². The van der Waals surface area contributed by atoms with E-state index in [-0.39, 0.29) is 11.9 Å². The SMILES string of the molecule is O=C(NCCSc1ccccc1)[C@@H]1Cc2ccccc2N1. The standard InChI is InChI=1S/C17H18N2OS/c20-17(16-12-13-6-4-5-9-15(13)19-16)18-10-11-21-14-7-2-1-3-8-14/h1-9,16,19H,10-12H2,(H,18,20)/t16-/m0/s1. The van der Waals surface area contributed by atoms with Gasteiger partial charge in [-0.25, -0.2) is 0 Å². The molecule has 3 rings (SSSR count). The molecule has 1 aliphatic rings. The molecular formula is C17H18N2OS. The Balaban J connectivity index is 1.42. The Hall–Kier alpha value is -1.94. The predicted octanol–water partition coefficient (Wildman–Crippen LogP) is 2.93. The molecule has 1 heterocycles. The number of fused-ring (bicyclic) bond motifs is 1. The molecule has 2 aromatic rings. The number of nitrogens with one attached hydrogen (secondary N) is 2. The van der Waals surface area contributed by atoms with E-state index in [1.807, 2.05) is 36.4 Å². The summed E-state index contributed by atoms with van der Waals surface area (Å²) in [5, 5.41) is 6.28. The molecule has 1 atom stereocenters. The van der Waals surface area contributed by atoms with E-state index in [9.17, 15) is 4.79 Å². The van der Waals surface area contributed by atoms with Crippen LogP contribution in [0.5, 0.6) is 0 Å². The predicted molar refractivity (Wildman–Crippen MR) is 87.7 cm³/mol. The van der Waals surface area contributed by atoms with Crippen LogP contribution in [0.3, 0.4) is 0 Å². The molecule has 0 aromatic heterocycles. The van der Waals surface area contributed by atoms with E-state index in [0.29, 0.717) is 6.54 Å². The number of rotatable bonds is 5. The number of anilines is 1. The smallest absolute Gasteiger partial charge is 0.242 e. The number of benzene rings is 2. The van der Waals surface area contributed by atoms with Gasteiger partial charge in [0.25, 0.3) is 0 Å². The molecule has 1 amide bonds. The van der Waals surface area contributed by atoms with E-state index in [2.05, 4.69) is 28.8 Å². The average molecular weight is 298 g/mol. The van der Waals surface area contributed by atoms with Crippen LogP contribution >= 0.6 is 11.8 Å². The van der Waals surface area contributed by atoms with Gasteiger partial charge < -0.3 is 10.6 Å². The molecule has 0 fully saturated rings. The summed E-state index contributed by atoms with van der Waals surface area (Å²) >= 11 is 1.76. The third-order valence-corrected chi connectivity index (χ3v) is 4.51. The maximum Gasteiger partial charge on any atom is 0.242 e. The van der Waals surface area contributed by atoms with E-state index in [4.69, 9.17) is 0 Å². The zero-order chi connectivity index (χ0) is 14.5. The van der Waals surface area contributed by atoms with Crippen LogP contribution in [-0.4, -0.2) is 24.2 Å². The summed E-state index contributed by atoms with van der Waals surface area (Å²) in [5.41, 5.74) is 2.30. The van der Waals surface area contributed by atoms with Gasteiger partial charge in [-0.2, -0.15) is 0 Å². The Labute approximate surface area is 129 Å². The second-order valence-electron chi connectivity index (χ2n) is 5.01. The van der Waals surface area contributed by atoms with Gasteiger partial charge in [0.05, 0.1) is 0 Å². The lowest BCUT2D eigenvalue weighted by Gasteiger charge is -2.11. The van der Waals surface area contributed by atoms with Crippen LogP contribution in [-0.2, 0) is 11.2 Å². The van der Waals surface area contributed by atoms with Crippen molar-refractivity contribution in [1.29, 1.82) is 0 Å². The second-order valence-corrected chi connectivity index (χ2v) is 6.18. The molecule has 21 heavy (non-hydrogen) atoms. The van der Waals surface area contributed by atoms with Gasteiger partial charge in [0.15, 0.2) is 0 Å². The number of carbonyl (C=O) groups excluding carboxylic acids is 1. The quantitative estimate of drug-likeness (QED) is 0.659. The summed E-state index contributed by atoms with van der Waals surface area (Å²) in [6, 6.07) is 18.2. The lowest BCUT2D eigenvalue weighted by Crippen LogP contribution is -2.39. The van der Waals surface area contributed by atoms with Crippen molar-refractivity contribution in [2.45, 2.75) is 17.4 Å². The molecule has 0 saturated heterocycles. The highest BCUT2D eigenvalue weighted by atomic mass is 32.2. The van der Waals surface area contributed by atoms with Crippen LogP contribution in [0.25, 0.3) is 0 Å². The summed E-state index contributed by atoms with van der Waals surface area (Å²) in [6.07, 6.45) is 0.772. The van der Waals surface area contributed by atoms with Crippen LogP contribution in [0.2, 0.25) is 0 Å². The monoisotopic (exact) mass is 298 g/mol. The van der Waals surface area contributed by atoms with Crippen molar-refractivity contribution in [2.24, 2.45) is 0 Å². The maximum absolute atomic E-state index is 12.1. The normalized spacial score (nSPS) is 16.1. The first-order chi connectivity index (χ1) is 10.3. The Morgan fingerprint density at radius 1 is 1.14 bits per heavy atom. The minimum absolute atomic E-state index is 0.0832. The molecule has 3 nitrogen and oxygen atoms in total. The number of para-hydroxylation sites is 1. The molecule has 2 aromatic carbocycles. The zero-order valence-electron chi connectivity index (χ0n) is 11.7. The van der Waals surface area contributed by atoms with Crippen LogP contribution < -0.4 is 10.6 Å². The Morgan fingerprint density at radius 3 is 2.71 bits per heavy atom. The number of thioether (sulfide) groups is 1. The summed E-state index contributed by atoms with van der Waals surface area (Å²) in [5.74, 6) is 0.968. The Bertz CT molecular complexity index is 590. The molecule has 0 saturated carbocycles. The number of carbonyl (C=O) groups is 1. The molecule has 1 aliphatic heterocycles. The summed E-state index contributed by atoms with van der Waals surface area (Å²) in [6.45, 7) is 0.687. The Kier molecular flexibility index (Phi) is 4.46. The molecule has 0 spiro atoms. The molecule has 2 N–H and O–H groups in total. The van der Waals surface area contributed by atoms with Gasteiger partial charge in [0, 0.05) is 29.3 Å². The molecule has 0 unspecified atom stereocenters. The van der Waals surface area contributed by atoms with Crippen LogP contribution in [0.1, 0.15) is 5.56 Å². The highest BCUT2D eigenvalue weighted by molar-refractivity contribution is 7.99. The van der Waals surface area contributed by atoms with Crippen molar-refractivity contribution in [3.05, 3.63) is 60.2 Å². The lowest BCUT2D eigenvalue weighted by atomic mass is 10.1. The average Bonchev–Trinajstić information content (AvgIpc) is 2.96. The second kappa shape index (κ2) is 6.68. The number of amides is 1. The van der Waals surface area contributed by atoms with E-state index in [0.717, 1.165) is 17.9 Å². The fraction of sp³-hybridized carbons (Fsp3) is 0.235. The summed E-state index contributed by atoms with van der Waals surface area (Å²) < 4.78 is 0. The summed E-state index contributed by atoms with van der Waals surface area (Å²) in [4.78, 5) is 13.4. The highest BCUT2D eigenvalue weighted by Gasteiger charge is 2.25. The maximum atomic E-state index is 12.1. The van der Waals surface area contributed by atoms with Crippen molar-refractivity contribution in [2.75, 3.05) is 17.6 Å². The van der Waals surface area contributed by atoms with Gasteiger partial charge in [-0.15, -0.1) is 11.8 Å². The fourth-order valence-corrected chi connectivity index (χ4v) is 3.23. The molecular weight excluding hydrogens is 280 g/mol. The third kappa shape index (κ3) is 3.58. The first kappa shape index (κ1) is 14.0. The van der Waals surface area contributed by atoms with Crippen molar-refractivity contribution >= 4 is 23.4 Å². The van der Waals surface area contributed by atoms with Gasteiger partial charge in [-0.3, -0.25) is 4.79 Å². The number of hydrogen-bond donors (Lipinski definition) is 2. The van der Waals surface area contributed by atoms with Crippen molar-refractivity contribution < 1.29 is 4.79 Å². The topological polar surface area (TPSA) is 41.1 Å². The summed E-state index contributed by atoms with van der Waals surface area (Å²) in [7, 11) is 0. The van der Waals surface area contributed by atoms with Crippen LogP contribution in [0.15, 0.2) is 59.5 Å². The van der Waals surface area contributed by atoms with Crippen molar-refractivity contribution in [3.8, 4) is 0 Å². The van der Waals surface area contributed by atoms with Gasteiger partial charge >= 0.3 is 0 Å². The van der Waals surface area contributed by atoms with Gasteiger partial charge in [-0.05, 0) is 23.8 Å². The first-order valence-corrected chi connectivity index (χ1v) is 8.11. The first-order valence-electron chi connectivity index (χ1n) is 7.13. The third-order valence-electron chi connectivity index (χ3n) is 3.50. The van der Waals surface area contributed by atoms with E-state index < -0.39 is 0 Å². The van der Waals surface area contributed by atoms with Gasteiger partial charge in [0.2, 0.25) is 5.91 Å². The van der Waals surface area contributed by atoms with Crippen LogP contribution in [0.4, 0.5) is 5.69 Å². The molecule has 108 valence electrons.